The molecule has 0 spiro atoms. The monoisotopic (exact) mass is 355 g/mol. The quantitative estimate of drug-likeness (QED) is 0.703. The Bertz CT molecular complexity index is 824. The molecule has 1 amide bonds. The van der Waals surface area contributed by atoms with E-state index in [2.05, 4.69) is 13.0 Å². The van der Waals surface area contributed by atoms with Gasteiger partial charge in [0.25, 0.3) is 0 Å². The van der Waals surface area contributed by atoms with Crippen LogP contribution in [0.1, 0.15) is 56.4 Å². The molecule has 1 aliphatic heterocycles. The van der Waals surface area contributed by atoms with Crippen LogP contribution in [0.4, 0.5) is 0 Å². The topological polar surface area (TPSA) is 42.7 Å². The van der Waals surface area contributed by atoms with Gasteiger partial charge in [0.05, 0.1) is 6.61 Å². The summed E-state index contributed by atoms with van der Waals surface area (Å²) in [5.41, 5.74) is 3.86. The first-order valence-electron chi connectivity index (χ1n) is 9.65. The number of nitrogens with zero attached hydrogens (tertiary/aromatic N) is 1. The molecule has 0 bridgehead atoms. The highest BCUT2D eigenvalue weighted by Crippen LogP contribution is 2.35. The molecular weight excluding hydrogens is 326 g/mol. The lowest BCUT2D eigenvalue weighted by atomic mass is 10.0. The lowest BCUT2D eigenvalue weighted by Crippen LogP contribution is -2.30. The van der Waals surface area contributed by atoms with Gasteiger partial charge in [0, 0.05) is 36.2 Å². The largest absolute Gasteiger partial charge is 0.493 e. The highest BCUT2D eigenvalue weighted by Gasteiger charge is 2.17. The zero-order chi connectivity index (χ0) is 18.7. The van der Waals surface area contributed by atoms with Crippen molar-refractivity contribution >= 4 is 22.4 Å². The van der Waals surface area contributed by atoms with Gasteiger partial charge in [-0.05, 0) is 57.7 Å². The Morgan fingerprint density at radius 3 is 2.54 bits per heavy atom. The molecule has 0 unspecified atom stereocenters. The van der Waals surface area contributed by atoms with Gasteiger partial charge in [-0.1, -0.05) is 12.8 Å². The van der Waals surface area contributed by atoms with E-state index in [1.807, 2.05) is 31.7 Å². The molecule has 4 nitrogen and oxygen atoms in total. The summed E-state index contributed by atoms with van der Waals surface area (Å²) in [5, 5.41) is 1.08. The summed E-state index contributed by atoms with van der Waals surface area (Å²) < 4.78 is 11.7. The van der Waals surface area contributed by atoms with Crippen LogP contribution in [0.15, 0.2) is 22.6 Å². The molecule has 0 aliphatic carbocycles. The number of hydrogen-bond donors (Lipinski definition) is 0. The van der Waals surface area contributed by atoms with Crippen LogP contribution in [-0.4, -0.2) is 30.5 Å². The third-order valence-electron chi connectivity index (χ3n) is 5.26. The van der Waals surface area contributed by atoms with Crippen LogP contribution >= 0.6 is 0 Å². The number of aryl methyl sites for hydroxylation is 2. The summed E-state index contributed by atoms with van der Waals surface area (Å²) in [4.78, 5) is 14.7. The Kier molecular flexibility index (Phi) is 5.70. The minimum atomic E-state index is 0.104. The van der Waals surface area contributed by atoms with Crippen molar-refractivity contribution in [1.82, 2.24) is 4.90 Å². The van der Waals surface area contributed by atoms with E-state index in [9.17, 15) is 4.79 Å². The summed E-state index contributed by atoms with van der Waals surface area (Å²) in [6.07, 6.45) is 6.40. The van der Waals surface area contributed by atoms with Crippen LogP contribution < -0.4 is 4.74 Å². The van der Waals surface area contributed by atoms with Gasteiger partial charge in [-0.15, -0.1) is 0 Å². The zero-order valence-corrected chi connectivity index (χ0v) is 16.4. The number of likely N-dealkylation sites (tertiary alicyclic amines) is 1. The van der Waals surface area contributed by atoms with Crippen molar-refractivity contribution in [3.63, 3.8) is 0 Å². The molecule has 2 aromatic rings. The van der Waals surface area contributed by atoms with Crippen molar-refractivity contribution in [2.75, 3.05) is 19.7 Å². The number of amides is 1. The minimum absolute atomic E-state index is 0.104. The molecule has 2 heterocycles. The normalized spacial score (nSPS) is 16.0. The van der Waals surface area contributed by atoms with Gasteiger partial charge in [-0.3, -0.25) is 4.79 Å². The molecule has 4 heteroatoms. The average molecular weight is 355 g/mol. The van der Waals surface area contributed by atoms with Crippen LogP contribution in [0, 0.1) is 13.8 Å². The smallest absolute Gasteiger partial charge is 0.246 e. The number of benzene rings is 1. The SMILES string of the molecule is CCOc1cc2oc(C)c(C)c2cc1/C(C)=C/C(=O)N1CCCCCC1. The summed E-state index contributed by atoms with van der Waals surface area (Å²) in [7, 11) is 0. The number of fused-ring (bicyclic) bond motifs is 1. The standard InChI is InChI=1S/C22H29NO3/c1-5-25-20-14-21-19(16(3)17(4)26-21)13-18(20)15(2)12-22(24)23-10-8-6-7-9-11-23/h12-14H,5-11H2,1-4H3/b15-12+. The predicted octanol–water partition coefficient (Wildman–Crippen LogP) is 5.25. The molecule has 26 heavy (non-hydrogen) atoms. The Balaban J connectivity index is 1.97. The van der Waals surface area contributed by atoms with Crippen molar-refractivity contribution in [3.05, 3.63) is 35.1 Å². The number of hydrogen-bond acceptors (Lipinski definition) is 3. The highest BCUT2D eigenvalue weighted by atomic mass is 16.5. The van der Waals surface area contributed by atoms with Gasteiger partial charge in [0.15, 0.2) is 0 Å². The van der Waals surface area contributed by atoms with Crippen LogP contribution in [-0.2, 0) is 4.79 Å². The molecular formula is C22H29NO3. The molecule has 1 aromatic heterocycles. The van der Waals surface area contributed by atoms with Gasteiger partial charge in [0.1, 0.15) is 17.1 Å². The molecule has 1 fully saturated rings. The number of ether oxygens (including phenoxy) is 1. The van der Waals surface area contributed by atoms with Gasteiger partial charge >= 0.3 is 0 Å². The molecule has 1 saturated heterocycles. The van der Waals surface area contributed by atoms with E-state index in [1.165, 1.54) is 12.8 Å². The Morgan fingerprint density at radius 1 is 1.19 bits per heavy atom. The Labute approximate surface area is 155 Å². The van der Waals surface area contributed by atoms with E-state index in [-0.39, 0.29) is 5.91 Å². The van der Waals surface area contributed by atoms with Crippen molar-refractivity contribution in [2.24, 2.45) is 0 Å². The van der Waals surface area contributed by atoms with Crippen LogP contribution in [0.3, 0.4) is 0 Å². The fourth-order valence-corrected chi connectivity index (χ4v) is 3.60. The van der Waals surface area contributed by atoms with Crippen molar-refractivity contribution in [1.29, 1.82) is 0 Å². The van der Waals surface area contributed by atoms with Crippen molar-refractivity contribution < 1.29 is 13.9 Å². The van der Waals surface area contributed by atoms with Crippen molar-refractivity contribution in [2.45, 2.75) is 53.4 Å². The molecule has 1 aliphatic rings. The van der Waals surface area contributed by atoms with E-state index < -0.39 is 0 Å². The Morgan fingerprint density at radius 2 is 1.88 bits per heavy atom. The molecule has 1 aromatic carbocycles. The van der Waals surface area contributed by atoms with E-state index in [4.69, 9.17) is 9.15 Å². The third kappa shape index (κ3) is 3.79. The number of furan rings is 1. The van der Waals surface area contributed by atoms with Crippen LogP contribution in [0.5, 0.6) is 5.75 Å². The first-order valence-corrected chi connectivity index (χ1v) is 9.65. The first kappa shape index (κ1) is 18.6. The summed E-state index contributed by atoms with van der Waals surface area (Å²) in [5.74, 6) is 1.79. The van der Waals surface area contributed by atoms with Gasteiger partial charge in [-0.2, -0.15) is 0 Å². The van der Waals surface area contributed by atoms with E-state index in [0.717, 1.165) is 65.1 Å². The van der Waals surface area contributed by atoms with Gasteiger partial charge < -0.3 is 14.1 Å². The zero-order valence-electron chi connectivity index (χ0n) is 16.4. The second-order valence-electron chi connectivity index (χ2n) is 7.13. The lowest BCUT2D eigenvalue weighted by molar-refractivity contribution is -0.125. The number of carbonyl (C=O) groups is 1. The average Bonchev–Trinajstić information content (AvgIpc) is 2.82. The maximum Gasteiger partial charge on any atom is 0.246 e. The highest BCUT2D eigenvalue weighted by molar-refractivity contribution is 5.97. The maximum atomic E-state index is 12.7. The lowest BCUT2D eigenvalue weighted by Gasteiger charge is -2.19. The minimum Gasteiger partial charge on any atom is -0.493 e. The first-order chi connectivity index (χ1) is 12.5. The fraction of sp³-hybridized carbons (Fsp3) is 0.500. The number of carbonyl (C=O) groups excluding carboxylic acids is 1. The fourth-order valence-electron chi connectivity index (χ4n) is 3.60. The summed E-state index contributed by atoms with van der Waals surface area (Å²) in [6, 6.07) is 4.04. The Hall–Kier alpha value is -2.23. The molecule has 140 valence electrons. The summed E-state index contributed by atoms with van der Waals surface area (Å²) in [6.45, 7) is 10.3. The van der Waals surface area contributed by atoms with Crippen molar-refractivity contribution in [3.8, 4) is 5.75 Å². The van der Waals surface area contributed by atoms with E-state index in [1.54, 1.807) is 6.08 Å². The van der Waals surface area contributed by atoms with Crippen LogP contribution in [0.2, 0.25) is 0 Å². The molecule has 0 N–H and O–H groups in total. The maximum absolute atomic E-state index is 12.7. The number of rotatable bonds is 4. The molecule has 0 saturated carbocycles. The van der Waals surface area contributed by atoms with E-state index in [0.29, 0.717) is 6.61 Å². The predicted molar refractivity (Wildman–Crippen MR) is 106 cm³/mol. The molecule has 0 atom stereocenters. The van der Waals surface area contributed by atoms with Gasteiger partial charge in [-0.25, -0.2) is 0 Å². The molecule has 0 radical (unpaired) electrons. The second kappa shape index (κ2) is 7.98. The second-order valence-corrected chi connectivity index (χ2v) is 7.13. The van der Waals surface area contributed by atoms with Gasteiger partial charge in [0.2, 0.25) is 5.91 Å². The third-order valence-corrected chi connectivity index (χ3v) is 5.26. The number of allylic oxidation sites excluding steroid dienone is 1. The summed E-state index contributed by atoms with van der Waals surface area (Å²) >= 11 is 0. The molecule has 3 rings (SSSR count). The van der Waals surface area contributed by atoms with E-state index >= 15 is 0 Å². The van der Waals surface area contributed by atoms with Crippen LogP contribution in [0.25, 0.3) is 16.5 Å².